The Labute approximate surface area is 123 Å². The fourth-order valence-electron chi connectivity index (χ4n) is 2.26. The van der Waals surface area contributed by atoms with Crippen molar-refractivity contribution in [2.45, 2.75) is 33.4 Å². The normalized spacial score (nSPS) is 12.1. The minimum absolute atomic E-state index is 0.0253. The van der Waals surface area contributed by atoms with Crippen molar-refractivity contribution in [3.8, 4) is 0 Å². The van der Waals surface area contributed by atoms with E-state index in [4.69, 9.17) is 0 Å². The molecule has 1 aromatic carbocycles. The van der Waals surface area contributed by atoms with E-state index in [0.29, 0.717) is 12.1 Å². The maximum atomic E-state index is 10.9. The average molecular weight is 286 g/mol. The Hall–Kier alpha value is -2.34. The third-order valence-corrected chi connectivity index (χ3v) is 3.54. The molecule has 0 radical (unpaired) electrons. The van der Waals surface area contributed by atoms with Crippen LogP contribution in [0.3, 0.4) is 0 Å². The van der Waals surface area contributed by atoms with Gasteiger partial charge in [0.05, 0.1) is 16.3 Å². The number of benzene rings is 1. The molecule has 110 valence electrons. The van der Waals surface area contributed by atoms with Gasteiger partial charge in [-0.1, -0.05) is 12.1 Å². The summed E-state index contributed by atoms with van der Waals surface area (Å²) in [5, 5.41) is 14.3. The second-order valence-electron chi connectivity index (χ2n) is 4.95. The Balaban J connectivity index is 2.12. The van der Waals surface area contributed by atoms with Gasteiger partial charge in [0.15, 0.2) is 0 Å². The Morgan fingerprint density at radius 1 is 1.29 bits per heavy atom. The average Bonchev–Trinajstić information content (AvgIpc) is 2.46. The van der Waals surface area contributed by atoms with Crippen LogP contribution in [-0.2, 0) is 6.54 Å². The molecule has 1 atom stereocenters. The summed E-state index contributed by atoms with van der Waals surface area (Å²) in [6.45, 7) is 6.24. The summed E-state index contributed by atoms with van der Waals surface area (Å²) >= 11 is 0. The molecule has 0 saturated carbocycles. The first-order valence-corrected chi connectivity index (χ1v) is 6.74. The largest absolute Gasteiger partial charge is 0.305 e. The molecule has 0 aliphatic heterocycles. The molecule has 0 aliphatic rings. The van der Waals surface area contributed by atoms with E-state index in [2.05, 4.69) is 15.3 Å². The van der Waals surface area contributed by atoms with Crippen LogP contribution in [0.15, 0.2) is 30.6 Å². The van der Waals surface area contributed by atoms with Crippen LogP contribution in [0.2, 0.25) is 0 Å². The molecule has 6 heteroatoms. The van der Waals surface area contributed by atoms with Crippen molar-refractivity contribution in [1.29, 1.82) is 0 Å². The van der Waals surface area contributed by atoms with Gasteiger partial charge in [0, 0.05) is 36.6 Å². The van der Waals surface area contributed by atoms with E-state index in [1.807, 2.05) is 19.9 Å². The molecule has 2 rings (SSSR count). The molecule has 0 saturated heterocycles. The van der Waals surface area contributed by atoms with E-state index in [-0.39, 0.29) is 16.7 Å². The molecule has 0 amide bonds. The number of hydrogen-bond acceptors (Lipinski definition) is 5. The number of nitrogens with one attached hydrogen (secondary N) is 1. The quantitative estimate of drug-likeness (QED) is 0.675. The minimum atomic E-state index is -0.352. The van der Waals surface area contributed by atoms with E-state index < -0.39 is 0 Å². The SMILES string of the molecule is Cc1nccnc1C(C)NCc1cccc([N+](=O)[O-])c1C. The fourth-order valence-corrected chi connectivity index (χ4v) is 2.26. The van der Waals surface area contributed by atoms with Crippen molar-refractivity contribution in [3.05, 3.63) is 63.2 Å². The number of nitrogens with zero attached hydrogens (tertiary/aromatic N) is 3. The Bertz CT molecular complexity index is 658. The zero-order chi connectivity index (χ0) is 15.4. The van der Waals surface area contributed by atoms with Gasteiger partial charge in [0.2, 0.25) is 0 Å². The first-order chi connectivity index (χ1) is 10.0. The van der Waals surface area contributed by atoms with Gasteiger partial charge in [-0.3, -0.25) is 20.1 Å². The van der Waals surface area contributed by atoms with Gasteiger partial charge in [-0.15, -0.1) is 0 Å². The Morgan fingerprint density at radius 3 is 2.67 bits per heavy atom. The lowest BCUT2D eigenvalue weighted by atomic mass is 10.1. The van der Waals surface area contributed by atoms with Gasteiger partial charge < -0.3 is 5.32 Å². The first kappa shape index (κ1) is 15.1. The number of hydrogen-bond donors (Lipinski definition) is 1. The Morgan fingerprint density at radius 2 is 2.00 bits per heavy atom. The summed E-state index contributed by atoms with van der Waals surface area (Å²) in [5.41, 5.74) is 3.53. The number of rotatable bonds is 5. The molecule has 1 heterocycles. The standard InChI is InChI=1S/C15H18N4O2/c1-10-13(5-4-6-14(10)19(20)21)9-18-12(3)15-11(2)16-7-8-17-15/h4-8,12,18H,9H2,1-3H3. The van der Waals surface area contributed by atoms with Crippen LogP contribution in [0.1, 0.15) is 35.5 Å². The molecular formula is C15H18N4O2. The molecule has 0 spiro atoms. The molecule has 6 nitrogen and oxygen atoms in total. The highest BCUT2D eigenvalue weighted by Crippen LogP contribution is 2.22. The van der Waals surface area contributed by atoms with E-state index in [9.17, 15) is 10.1 Å². The molecule has 2 aromatic rings. The Kier molecular flexibility index (Phi) is 4.59. The highest BCUT2D eigenvalue weighted by atomic mass is 16.6. The second kappa shape index (κ2) is 6.41. The van der Waals surface area contributed by atoms with Crippen molar-refractivity contribution >= 4 is 5.69 Å². The number of aryl methyl sites for hydroxylation is 1. The van der Waals surface area contributed by atoms with Crippen molar-refractivity contribution in [3.63, 3.8) is 0 Å². The molecule has 0 fully saturated rings. The van der Waals surface area contributed by atoms with Crippen molar-refractivity contribution in [1.82, 2.24) is 15.3 Å². The highest BCUT2D eigenvalue weighted by molar-refractivity contribution is 5.44. The second-order valence-corrected chi connectivity index (χ2v) is 4.95. The zero-order valence-electron chi connectivity index (χ0n) is 12.3. The lowest BCUT2D eigenvalue weighted by Crippen LogP contribution is -2.21. The third-order valence-electron chi connectivity index (χ3n) is 3.54. The molecule has 1 aromatic heterocycles. The lowest BCUT2D eigenvalue weighted by Gasteiger charge is -2.15. The predicted octanol–water partition coefficient (Wildman–Crippen LogP) is 2.85. The van der Waals surface area contributed by atoms with Gasteiger partial charge in [-0.2, -0.15) is 0 Å². The van der Waals surface area contributed by atoms with Crippen molar-refractivity contribution in [2.75, 3.05) is 0 Å². The van der Waals surface area contributed by atoms with Gasteiger partial charge >= 0.3 is 0 Å². The lowest BCUT2D eigenvalue weighted by molar-refractivity contribution is -0.385. The van der Waals surface area contributed by atoms with E-state index in [1.165, 1.54) is 6.07 Å². The first-order valence-electron chi connectivity index (χ1n) is 6.74. The number of aromatic nitrogens is 2. The fraction of sp³-hybridized carbons (Fsp3) is 0.333. The van der Waals surface area contributed by atoms with Crippen molar-refractivity contribution in [2.24, 2.45) is 0 Å². The van der Waals surface area contributed by atoms with Gasteiger partial charge in [0.1, 0.15) is 0 Å². The molecule has 0 bridgehead atoms. The predicted molar refractivity (Wildman–Crippen MR) is 79.9 cm³/mol. The highest BCUT2D eigenvalue weighted by Gasteiger charge is 2.15. The monoisotopic (exact) mass is 286 g/mol. The van der Waals surface area contributed by atoms with Crippen LogP contribution in [0, 0.1) is 24.0 Å². The van der Waals surface area contributed by atoms with Gasteiger partial charge in [0.25, 0.3) is 5.69 Å². The van der Waals surface area contributed by atoms with Crippen LogP contribution < -0.4 is 5.32 Å². The summed E-state index contributed by atoms with van der Waals surface area (Å²) in [6, 6.07) is 5.15. The maximum Gasteiger partial charge on any atom is 0.272 e. The summed E-state index contributed by atoms with van der Waals surface area (Å²) in [5.74, 6) is 0. The zero-order valence-corrected chi connectivity index (χ0v) is 12.3. The minimum Gasteiger partial charge on any atom is -0.305 e. The van der Waals surface area contributed by atoms with Crippen LogP contribution >= 0.6 is 0 Å². The van der Waals surface area contributed by atoms with Crippen LogP contribution in [0.5, 0.6) is 0 Å². The number of nitro groups is 1. The molecule has 0 aliphatic carbocycles. The summed E-state index contributed by atoms with van der Waals surface area (Å²) in [6.07, 6.45) is 3.33. The third kappa shape index (κ3) is 3.41. The summed E-state index contributed by atoms with van der Waals surface area (Å²) < 4.78 is 0. The molecular weight excluding hydrogens is 268 g/mol. The maximum absolute atomic E-state index is 10.9. The summed E-state index contributed by atoms with van der Waals surface area (Å²) in [7, 11) is 0. The van der Waals surface area contributed by atoms with E-state index in [1.54, 1.807) is 25.4 Å². The topological polar surface area (TPSA) is 81.0 Å². The van der Waals surface area contributed by atoms with E-state index >= 15 is 0 Å². The molecule has 1 unspecified atom stereocenters. The smallest absolute Gasteiger partial charge is 0.272 e. The van der Waals surface area contributed by atoms with Crippen LogP contribution in [0.25, 0.3) is 0 Å². The van der Waals surface area contributed by atoms with Gasteiger partial charge in [-0.05, 0) is 26.3 Å². The molecule has 1 N–H and O–H groups in total. The number of nitro benzene ring substituents is 1. The van der Waals surface area contributed by atoms with Crippen LogP contribution in [-0.4, -0.2) is 14.9 Å². The van der Waals surface area contributed by atoms with Gasteiger partial charge in [-0.25, -0.2) is 0 Å². The van der Waals surface area contributed by atoms with E-state index in [0.717, 1.165) is 17.0 Å². The molecule has 21 heavy (non-hydrogen) atoms. The summed E-state index contributed by atoms with van der Waals surface area (Å²) in [4.78, 5) is 19.1. The van der Waals surface area contributed by atoms with Crippen molar-refractivity contribution < 1.29 is 4.92 Å². The van der Waals surface area contributed by atoms with Crippen LogP contribution in [0.4, 0.5) is 5.69 Å².